The van der Waals surface area contributed by atoms with Crippen LogP contribution in [0.4, 0.5) is 0 Å². The normalized spacial score (nSPS) is 19.7. The molecule has 3 rings (SSSR count). The Labute approximate surface area is 164 Å². The van der Waals surface area contributed by atoms with Crippen molar-refractivity contribution in [1.29, 1.82) is 0 Å². The first-order chi connectivity index (χ1) is 12.1. The van der Waals surface area contributed by atoms with Crippen molar-refractivity contribution in [2.45, 2.75) is 50.8 Å². The van der Waals surface area contributed by atoms with Gasteiger partial charge in [0.05, 0.1) is 4.83 Å². The third-order valence-corrected chi connectivity index (χ3v) is 6.12. The minimum absolute atomic E-state index is 0.00884. The number of primary amides is 1. The maximum atomic E-state index is 12.1. The number of alkyl halides is 1. The van der Waals surface area contributed by atoms with E-state index in [1.807, 2.05) is 12.2 Å². The quantitative estimate of drug-likeness (QED) is 0.658. The summed E-state index contributed by atoms with van der Waals surface area (Å²) in [6.07, 6.45) is 8.00. The standard InChI is InChI=1S/C23H26BrNO/c1-6-14-9-15-11-16(23(3,4)5)12-19(18(15)10-14)21-13(2)20(24)8-7-17(21)22(25)26/h7-9,11-12,20H,2,6,10H2,1,3-5H3,(H2,25,26). The Balaban J connectivity index is 2.32. The molecule has 1 aromatic rings. The molecule has 0 heterocycles. The van der Waals surface area contributed by atoms with Crippen LogP contribution in [0.1, 0.15) is 56.4 Å². The molecule has 2 N–H and O–H groups in total. The van der Waals surface area contributed by atoms with Crippen molar-refractivity contribution in [3.8, 4) is 0 Å². The summed E-state index contributed by atoms with van der Waals surface area (Å²) in [4.78, 5) is 12.1. The van der Waals surface area contributed by atoms with Crippen LogP contribution in [0.3, 0.4) is 0 Å². The topological polar surface area (TPSA) is 43.1 Å². The first-order valence-corrected chi connectivity index (χ1v) is 9.97. The van der Waals surface area contributed by atoms with E-state index in [1.165, 1.54) is 22.3 Å². The van der Waals surface area contributed by atoms with Crippen molar-refractivity contribution < 1.29 is 4.79 Å². The van der Waals surface area contributed by atoms with Crippen molar-refractivity contribution in [2.75, 3.05) is 0 Å². The summed E-state index contributed by atoms with van der Waals surface area (Å²) in [6, 6.07) is 4.52. The SMILES string of the molecule is C=C1C(c2cc(C(C)(C)C)cc3c2CC(CC)=C3)=C(C(N)=O)C=CC1Br. The Kier molecular flexibility index (Phi) is 4.87. The maximum absolute atomic E-state index is 12.1. The molecule has 0 aromatic heterocycles. The number of hydrogen-bond donors (Lipinski definition) is 1. The average molecular weight is 412 g/mol. The summed E-state index contributed by atoms with van der Waals surface area (Å²) in [7, 11) is 0. The number of carbonyl (C=O) groups is 1. The lowest BCUT2D eigenvalue weighted by atomic mass is 9.79. The monoisotopic (exact) mass is 411 g/mol. The average Bonchev–Trinajstić information content (AvgIpc) is 2.98. The molecular formula is C23H26BrNO. The van der Waals surface area contributed by atoms with Crippen LogP contribution in [-0.2, 0) is 16.6 Å². The second-order valence-electron chi connectivity index (χ2n) is 8.11. The molecule has 1 atom stereocenters. The van der Waals surface area contributed by atoms with Crippen LogP contribution in [0.5, 0.6) is 0 Å². The minimum atomic E-state index is -0.409. The van der Waals surface area contributed by atoms with E-state index in [1.54, 1.807) is 0 Å². The predicted molar refractivity (Wildman–Crippen MR) is 114 cm³/mol. The highest BCUT2D eigenvalue weighted by Gasteiger charge is 2.28. The number of fused-ring (bicyclic) bond motifs is 1. The molecule has 2 aliphatic carbocycles. The van der Waals surface area contributed by atoms with Gasteiger partial charge in [-0.15, -0.1) is 0 Å². The molecule has 0 radical (unpaired) electrons. The fraction of sp³-hybridized carbons (Fsp3) is 0.348. The maximum Gasteiger partial charge on any atom is 0.249 e. The molecule has 1 aromatic carbocycles. The van der Waals surface area contributed by atoms with Gasteiger partial charge in [-0.3, -0.25) is 4.79 Å². The lowest BCUT2D eigenvalue weighted by Gasteiger charge is -2.26. The van der Waals surface area contributed by atoms with Crippen molar-refractivity contribution in [2.24, 2.45) is 5.73 Å². The van der Waals surface area contributed by atoms with Gasteiger partial charge in [-0.1, -0.05) is 86.1 Å². The van der Waals surface area contributed by atoms with Gasteiger partial charge in [0.25, 0.3) is 0 Å². The molecule has 2 aliphatic rings. The van der Waals surface area contributed by atoms with Gasteiger partial charge in [0.15, 0.2) is 0 Å². The van der Waals surface area contributed by atoms with Crippen LogP contribution in [0.2, 0.25) is 0 Å². The predicted octanol–water partition coefficient (Wildman–Crippen LogP) is 5.46. The summed E-state index contributed by atoms with van der Waals surface area (Å²) in [5, 5.41) is 0. The van der Waals surface area contributed by atoms with E-state index in [0.29, 0.717) is 5.57 Å². The summed E-state index contributed by atoms with van der Waals surface area (Å²) in [5.74, 6) is -0.409. The number of rotatable bonds is 3. The smallest absolute Gasteiger partial charge is 0.249 e. The van der Waals surface area contributed by atoms with Gasteiger partial charge < -0.3 is 5.73 Å². The Hall–Kier alpha value is -1.87. The molecular weight excluding hydrogens is 386 g/mol. The van der Waals surface area contributed by atoms with E-state index in [-0.39, 0.29) is 10.2 Å². The molecule has 0 spiro atoms. The van der Waals surface area contributed by atoms with Gasteiger partial charge in [-0.25, -0.2) is 0 Å². The third kappa shape index (κ3) is 3.25. The molecule has 3 heteroatoms. The highest BCUT2D eigenvalue weighted by atomic mass is 79.9. The van der Waals surface area contributed by atoms with Gasteiger partial charge >= 0.3 is 0 Å². The van der Waals surface area contributed by atoms with Crippen LogP contribution in [0.15, 0.2) is 47.6 Å². The molecule has 26 heavy (non-hydrogen) atoms. The lowest BCUT2D eigenvalue weighted by Crippen LogP contribution is -2.20. The second kappa shape index (κ2) is 6.70. The number of nitrogens with two attached hydrogens (primary N) is 1. The minimum Gasteiger partial charge on any atom is -0.366 e. The number of amides is 1. The molecule has 0 saturated heterocycles. The van der Waals surface area contributed by atoms with Gasteiger partial charge in [-0.2, -0.15) is 0 Å². The zero-order valence-electron chi connectivity index (χ0n) is 15.9. The fourth-order valence-electron chi connectivity index (χ4n) is 3.62. The zero-order valence-corrected chi connectivity index (χ0v) is 17.5. The summed E-state index contributed by atoms with van der Waals surface area (Å²) < 4.78 is 0. The Morgan fingerprint density at radius 2 is 2.04 bits per heavy atom. The van der Waals surface area contributed by atoms with Crippen LogP contribution >= 0.6 is 15.9 Å². The summed E-state index contributed by atoms with van der Waals surface area (Å²) >= 11 is 3.65. The zero-order chi connectivity index (χ0) is 19.2. The summed E-state index contributed by atoms with van der Waals surface area (Å²) in [6.45, 7) is 13.1. The van der Waals surface area contributed by atoms with Gasteiger partial charge in [0.1, 0.15) is 0 Å². The molecule has 0 saturated carbocycles. The highest BCUT2D eigenvalue weighted by Crippen LogP contribution is 2.42. The Morgan fingerprint density at radius 1 is 1.35 bits per heavy atom. The first kappa shape index (κ1) is 18.9. The highest BCUT2D eigenvalue weighted by molar-refractivity contribution is 9.09. The van der Waals surface area contributed by atoms with Crippen LogP contribution in [-0.4, -0.2) is 10.7 Å². The van der Waals surface area contributed by atoms with Crippen LogP contribution in [0, 0.1) is 0 Å². The van der Waals surface area contributed by atoms with Crippen molar-refractivity contribution in [3.05, 3.63) is 69.8 Å². The van der Waals surface area contributed by atoms with E-state index in [9.17, 15) is 4.79 Å². The van der Waals surface area contributed by atoms with Crippen molar-refractivity contribution >= 4 is 33.5 Å². The van der Waals surface area contributed by atoms with E-state index in [4.69, 9.17) is 5.73 Å². The van der Waals surface area contributed by atoms with Gasteiger partial charge in [0, 0.05) is 5.57 Å². The lowest BCUT2D eigenvalue weighted by molar-refractivity contribution is -0.114. The number of benzene rings is 1. The van der Waals surface area contributed by atoms with E-state index >= 15 is 0 Å². The number of allylic oxidation sites excluding steroid dienone is 4. The molecule has 1 amide bonds. The molecule has 2 nitrogen and oxygen atoms in total. The molecule has 136 valence electrons. The van der Waals surface area contributed by atoms with E-state index in [0.717, 1.165) is 29.6 Å². The number of hydrogen-bond acceptors (Lipinski definition) is 1. The van der Waals surface area contributed by atoms with E-state index in [2.05, 4.69) is 68.4 Å². The first-order valence-electron chi connectivity index (χ1n) is 9.06. The number of carbonyl (C=O) groups excluding carboxylic acids is 1. The van der Waals surface area contributed by atoms with Crippen molar-refractivity contribution in [1.82, 2.24) is 0 Å². The van der Waals surface area contributed by atoms with E-state index < -0.39 is 5.91 Å². The summed E-state index contributed by atoms with van der Waals surface area (Å²) in [5.41, 5.74) is 14.3. The molecule has 0 bridgehead atoms. The van der Waals surface area contributed by atoms with Crippen LogP contribution < -0.4 is 5.73 Å². The number of halogens is 1. The van der Waals surface area contributed by atoms with Crippen LogP contribution in [0.25, 0.3) is 11.6 Å². The Bertz CT molecular complexity index is 894. The largest absolute Gasteiger partial charge is 0.366 e. The van der Waals surface area contributed by atoms with Crippen molar-refractivity contribution in [3.63, 3.8) is 0 Å². The van der Waals surface area contributed by atoms with Gasteiger partial charge in [0.2, 0.25) is 5.91 Å². The second-order valence-corrected chi connectivity index (χ2v) is 9.10. The molecule has 1 unspecified atom stereocenters. The molecule has 0 fully saturated rings. The fourth-order valence-corrected chi connectivity index (χ4v) is 4.00. The van der Waals surface area contributed by atoms with Gasteiger partial charge in [-0.05, 0) is 51.7 Å². The third-order valence-electron chi connectivity index (χ3n) is 5.26. The Morgan fingerprint density at radius 3 is 2.62 bits per heavy atom. The molecule has 0 aliphatic heterocycles.